The van der Waals surface area contributed by atoms with Crippen molar-refractivity contribution in [2.24, 2.45) is 0 Å². The second-order valence-electron chi connectivity index (χ2n) is 3.73. The maximum Gasteiger partial charge on any atom is 0.330 e. The van der Waals surface area contributed by atoms with Crippen molar-refractivity contribution in [2.75, 3.05) is 0 Å². The molecule has 0 spiro atoms. The highest BCUT2D eigenvalue weighted by atomic mass is 16.6. The van der Waals surface area contributed by atoms with E-state index >= 15 is 0 Å². The number of hydrogen-bond donors (Lipinski definition) is 3. The Morgan fingerprint density at radius 2 is 2.06 bits per heavy atom. The fraction of sp³-hybridized carbons (Fsp3) is 0.556. The lowest BCUT2D eigenvalue weighted by molar-refractivity contribution is -0.0351. The number of nitrogens with zero attached hydrogens (tertiary/aromatic N) is 1. The first-order valence-electron chi connectivity index (χ1n) is 4.84. The van der Waals surface area contributed by atoms with Gasteiger partial charge in [-0.05, 0) is 6.92 Å². The number of aliphatic hydroxyl groups is 2. The topological polar surface area (TPSA) is 105 Å². The smallest absolute Gasteiger partial charge is 0.330 e. The lowest BCUT2D eigenvalue weighted by Crippen LogP contribution is -2.37. The summed E-state index contributed by atoms with van der Waals surface area (Å²) in [6.45, 7) is 1.59. The van der Waals surface area contributed by atoms with Crippen LogP contribution in [-0.2, 0) is 4.74 Å². The molecule has 1 fully saturated rings. The molecule has 1 aliphatic heterocycles. The van der Waals surface area contributed by atoms with E-state index in [0.717, 1.165) is 10.6 Å². The average Bonchev–Trinajstić information content (AvgIpc) is 2.46. The second-order valence-corrected chi connectivity index (χ2v) is 3.73. The van der Waals surface area contributed by atoms with Crippen LogP contribution in [0.15, 0.2) is 21.9 Å². The molecule has 0 aliphatic carbocycles. The van der Waals surface area contributed by atoms with Gasteiger partial charge in [0.1, 0.15) is 12.2 Å². The second kappa shape index (κ2) is 3.85. The highest BCUT2D eigenvalue weighted by Crippen LogP contribution is 2.27. The molecule has 1 saturated heterocycles. The maximum absolute atomic E-state index is 11.4. The SMILES string of the molecule is C[C@H]1O[C@@H](n2ccc(=O)[nH]c2=O)[C@H](O)[C@H]1O. The Labute approximate surface area is 89.9 Å². The zero-order valence-electron chi connectivity index (χ0n) is 8.53. The molecule has 0 radical (unpaired) electrons. The first-order valence-corrected chi connectivity index (χ1v) is 4.84. The van der Waals surface area contributed by atoms with E-state index in [9.17, 15) is 19.8 Å². The van der Waals surface area contributed by atoms with Crippen LogP contribution in [0, 0.1) is 0 Å². The molecule has 0 saturated carbocycles. The van der Waals surface area contributed by atoms with Gasteiger partial charge in [-0.25, -0.2) is 4.79 Å². The molecule has 7 nitrogen and oxygen atoms in total. The van der Waals surface area contributed by atoms with E-state index in [1.165, 1.54) is 6.20 Å². The molecule has 16 heavy (non-hydrogen) atoms. The van der Waals surface area contributed by atoms with Crippen LogP contribution in [0.2, 0.25) is 0 Å². The van der Waals surface area contributed by atoms with Crippen molar-refractivity contribution in [3.05, 3.63) is 33.1 Å². The maximum atomic E-state index is 11.4. The van der Waals surface area contributed by atoms with Crippen LogP contribution in [0.25, 0.3) is 0 Å². The average molecular weight is 228 g/mol. The van der Waals surface area contributed by atoms with Crippen LogP contribution in [0.1, 0.15) is 13.2 Å². The van der Waals surface area contributed by atoms with Gasteiger partial charge in [0, 0.05) is 12.3 Å². The van der Waals surface area contributed by atoms with Gasteiger partial charge in [-0.3, -0.25) is 14.3 Å². The van der Waals surface area contributed by atoms with Crippen molar-refractivity contribution >= 4 is 0 Å². The van der Waals surface area contributed by atoms with Crippen LogP contribution in [-0.4, -0.2) is 38.1 Å². The van der Waals surface area contributed by atoms with Crippen LogP contribution < -0.4 is 11.2 Å². The number of H-pyrrole nitrogens is 1. The molecule has 1 aliphatic rings. The lowest BCUT2D eigenvalue weighted by Gasteiger charge is -2.16. The Hall–Kier alpha value is -1.44. The predicted octanol–water partition coefficient (Wildman–Crippen LogP) is -1.82. The minimum atomic E-state index is -1.20. The Kier molecular flexibility index (Phi) is 2.66. The molecule has 0 bridgehead atoms. The molecule has 0 amide bonds. The Balaban J connectivity index is 2.39. The Morgan fingerprint density at radius 1 is 1.38 bits per heavy atom. The number of aromatic amines is 1. The van der Waals surface area contributed by atoms with Gasteiger partial charge in [0.25, 0.3) is 5.56 Å². The number of hydrogen-bond acceptors (Lipinski definition) is 5. The molecule has 2 heterocycles. The summed E-state index contributed by atoms with van der Waals surface area (Å²) >= 11 is 0. The zero-order valence-corrected chi connectivity index (χ0v) is 8.53. The van der Waals surface area contributed by atoms with E-state index in [1.807, 2.05) is 4.98 Å². The molecule has 0 aromatic carbocycles. The summed E-state index contributed by atoms with van der Waals surface area (Å²) in [4.78, 5) is 24.3. The summed E-state index contributed by atoms with van der Waals surface area (Å²) in [5, 5.41) is 19.1. The molecule has 88 valence electrons. The summed E-state index contributed by atoms with van der Waals surface area (Å²) in [7, 11) is 0. The minimum absolute atomic E-state index is 0.526. The standard InChI is InChI=1S/C9H12N2O5/c1-4-6(13)7(14)8(16-4)11-3-2-5(12)10-9(11)15/h2-4,6-8,13-14H,1H3,(H,10,12,15)/t4-,6+,7-,8-/m1/s1. The fourth-order valence-electron chi connectivity index (χ4n) is 1.69. The van der Waals surface area contributed by atoms with Crippen LogP contribution >= 0.6 is 0 Å². The van der Waals surface area contributed by atoms with E-state index in [1.54, 1.807) is 6.92 Å². The van der Waals surface area contributed by atoms with Gasteiger partial charge < -0.3 is 14.9 Å². The molecule has 3 N–H and O–H groups in total. The van der Waals surface area contributed by atoms with Crippen molar-refractivity contribution in [3.8, 4) is 0 Å². The molecule has 4 atom stereocenters. The molecule has 7 heteroatoms. The van der Waals surface area contributed by atoms with Crippen molar-refractivity contribution < 1.29 is 14.9 Å². The summed E-state index contributed by atoms with van der Waals surface area (Å²) < 4.78 is 6.27. The lowest BCUT2D eigenvalue weighted by atomic mass is 10.1. The fourth-order valence-corrected chi connectivity index (χ4v) is 1.69. The summed E-state index contributed by atoms with van der Waals surface area (Å²) in [6, 6.07) is 1.15. The first-order chi connectivity index (χ1) is 7.50. The highest BCUT2D eigenvalue weighted by molar-refractivity contribution is 4.91. The summed E-state index contributed by atoms with van der Waals surface area (Å²) in [5.74, 6) is 0. The Morgan fingerprint density at radius 3 is 2.56 bits per heavy atom. The van der Waals surface area contributed by atoms with E-state index in [-0.39, 0.29) is 0 Å². The normalized spacial score (nSPS) is 34.2. The quantitative estimate of drug-likeness (QED) is 0.524. The molecular formula is C9H12N2O5. The van der Waals surface area contributed by atoms with Gasteiger partial charge in [-0.1, -0.05) is 0 Å². The van der Waals surface area contributed by atoms with Gasteiger partial charge in [0.2, 0.25) is 0 Å². The van der Waals surface area contributed by atoms with Crippen LogP contribution in [0.5, 0.6) is 0 Å². The number of nitrogens with one attached hydrogen (secondary N) is 1. The third-order valence-corrected chi connectivity index (χ3v) is 2.60. The molecule has 1 aromatic rings. The van der Waals surface area contributed by atoms with Gasteiger partial charge in [-0.2, -0.15) is 0 Å². The van der Waals surface area contributed by atoms with E-state index in [2.05, 4.69) is 0 Å². The third-order valence-electron chi connectivity index (χ3n) is 2.60. The zero-order chi connectivity index (χ0) is 11.9. The Bertz CT molecular complexity index is 493. The van der Waals surface area contributed by atoms with Gasteiger partial charge in [-0.15, -0.1) is 0 Å². The minimum Gasteiger partial charge on any atom is -0.388 e. The number of aliphatic hydroxyl groups excluding tert-OH is 2. The van der Waals surface area contributed by atoms with Crippen LogP contribution in [0.3, 0.4) is 0 Å². The number of ether oxygens (including phenoxy) is 1. The van der Waals surface area contributed by atoms with E-state index in [4.69, 9.17) is 4.74 Å². The van der Waals surface area contributed by atoms with E-state index < -0.39 is 35.8 Å². The largest absolute Gasteiger partial charge is 0.388 e. The molecule has 2 rings (SSSR count). The van der Waals surface area contributed by atoms with Crippen molar-refractivity contribution in [1.82, 2.24) is 9.55 Å². The van der Waals surface area contributed by atoms with Gasteiger partial charge in [0.15, 0.2) is 6.23 Å². The predicted molar refractivity (Wildman–Crippen MR) is 52.9 cm³/mol. The summed E-state index contributed by atoms with van der Waals surface area (Å²) in [6.07, 6.45) is -2.57. The van der Waals surface area contributed by atoms with Crippen molar-refractivity contribution in [1.29, 1.82) is 0 Å². The highest BCUT2D eigenvalue weighted by Gasteiger charge is 2.41. The summed E-state index contributed by atoms with van der Waals surface area (Å²) in [5.41, 5.74) is -1.21. The van der Waals surface area contributed by atoms with Crippen molar-refractivity contribution in [2.45, 2.75) is 31.5 Å². The number of aromatic nitrogens is 2. The van der Waals surface area contributed by atoms with Crippen molar-refractivity contribution in [3.63, 3.8) is 0 Å². The monoisotopic (exact) mass is 228 g/mol. The van der Waals surface area contributed by atoms with Gasteiger partial charge >= 0.3 is 5.69 Å². The van der Waals surface area contributed by atoms with Crippen LogP contribution in [0.4, 0.5) is 0 Å². The van der Waals surface area contributed by atoms with Gasteiger partial charge in [0.05, 0.1) is 6.10 Å². The molecule has 1 aromatic heterocycles. The molecule has 0 unspecified atom stereocenters. The third kappa shape index (κ3) is 1.69. The molecular weight excluding hydrogens is 216 g/mol. The first kappa shape index (κ1) is 11.1. The number of rotatable bonds is 1. The van der Waals surface area contributed by atoms with E-state index in [0.29, 0.717) is 0 Å².